The molecule has 3 nitrogen and oxygen atoms in total. The molecule has 2 rings (SSSR count). The smallest absolute Gasteiger partial charge is 0.168 e. The van der Waals surface area contributed by atoms with E-state index >= 15 is 0 Å². The Bertz CT molecular complexity index is 492. The second kappa shape index (κ2) is 4.57. The van der Waals surface area contributed by atoms with Crippen LogP contribution >= 0.6 is 0 Å². The molecular formula is C13H11NO2. The summed E-state index contributed by atoms with van der Waals surface area (Å²) in [4.78, 5) is 14.5. The zero-order valence-corrected chi connectivity index (χ0v) is 8.88. The van der Waals surface area contributed by atoms with Crippen LogP contribution in [0.25, 0.3) is 11.1 Å². The quantitative estimate of drug-likeness (QED) is 0.735. The van der Waals surface area contributed by atoms with Crippen LogP contribution in [0.15, 0.2) is 42.6 Å². The number of carbonyl (C=O) groups is 1. The van der Waals surface area contributed by atoms with Crippen molar-refractivity contribution in [3.63, 3.8) is 0 Å². The average Bonchev–Trinajstić information content (AvgIpc) is 2.39. The minimum atomic E-state index is 0.437. The number of aromatic nitrogens is 1. The third kappa shape index (κ3) is 2.08. The number of pyridine rings is 1. The van der Waals surface area contributed by atoms with Gasteiger partial charge in [0.1, 0.15) is 11.4 Å². The Kier molecular flexibility index (Phi) is 2.96. The molecular weight excluding hydrogens is 202 g/mol. The van der Waals surface area contributed by atoms with Gasteiger partial charge in [0, 0.05) is 11.8 Å². The molecule has 0 saturated carbocycles. The Hall–Kier alpha value is -2.16. The minimum absolute atomic E-state index is 0.437. The molecule has 1 heterocycles. The molecule has 0 atom stereocenters. The predicted molar refractivity (Wildman–Crippen MR) is 61.6 cm³/mol. The molecule has 0 N–H and O–H groups in total. The summed E-state index contributed by atoms with van der Waals surface area (Å²) in [6.45, 7) is 0. The van der Waals surface area contributed by atoms with Crippen molar-refractivity contribution in [3.8, 4) is 16.9 Å². The van der Waals surface area contributed by atoms with Gasteiger partial charge in [0.15, 0.2) is 6.29 Å². The zero-order valence-electron chi connectivity index (χ0n) is 8.88. The molecule has 80 valence electrons. The highest BCUT2D eigenvalue weighted by Crippen LogP contribution is 2.22. The van der Waals surface area contributed by atoms with Gasteiger partial charge in [0.25, 0.3) is 0 Å². The number of aldehydes is 1. The molecule has 0 spiro atoms. The lowest BCUT2D eigenvalue weighted by Gasteiger charge is -2.04. The summed E-state index contributed by atoms with van der Waals surface area (Å²) in [5.74, 6) is 0.803. The summed E-state index contributed by atoms with van der Waals surface area (Å²) in [5, 5.41) is 0. The lowest BCUT2D eigenvalue weighted by molar-refractivity contribution is 0.111. The summed E-state index contributed by atoms with van der Waals surface area (Å²) in [7, 11) is 1.63. The van der Waals surface area contributed by atoms with Gasteiger partial charge in [-0.2, -0.15) is 0 Å². The third-order valence-corrected chi connectivity index (χ3v) is 2.31. The molecule has 0 saturated heterocycles. The van der Waals surface area contributed by atoms with Crippen molar-refractivity contribution in [1.82, 2.24) is 4.98 Å². The number of ether oxygens (including phenoxy) is 1. The maximum Gasteiger partial charge on any atom is 0.168 e. The maximum atomic E-state index is 10.5. The first-order valence-electron chi connectivity index (χ1n) is 4.89. The molecule has 3 heteroatoms. The van der Waals surface area contributed by atoms with Crippen LogP contribution in [0, 0.1) is 0 Å². The van der Waals surface area contributed by atoms with E-state index in [0.717, 1.165) is 23.2 Å². The molecule has 0 unspecified atom stereocenters. The van der Waals surface area contributed by atoms with Gasteiger partial charge in [-0.25, -0.2) is 0 Å². The number of hydrogen-bond donors (Lipinski definition) is 0. The monoisotopic (exact) mass is 213 g/mol. The normalized spacial score (nSPS) is 9.81. The second-order valence-electron chi connectivity index (χ2n) is 3.32. The summed E-state index contributed by atoms with van der Waals surface area (Å²) in [6, 6.07) is 11.3. The Balaban J connectivity index is 2.38. The van der Waals surface area contributed by atoms with Crippen molar-refractivity contribution >= 4 is 6.29 Å². The van der Waals surface area contributed by atoms with Gasteiger partial charge < -0.3 is 4.74 Å². The van der Waals surface area contributed by atoms with Gasteiger partial charge in [0.05, 0.1) is 7.11 Å². The SMILES string of the molecule is COc1cccc(-c2ccc(C=O)nc2)c1. The molecule has 16 heavy (non-hydrogen) atoms. The van der Waals surface area contributed by atoms with E-state index in [1.807, 2.05) is 30.3 Å². The van der Waals surface area contributed by atoms with Crippen LogP contribution in [0.5, 0.6) is 5.75 Å². The number of rotatable bonds is 3. The number of hydrogen-bond acceptors (Lipinski definition) is 3. The van der Waals surface area contributed by atoms with Gasteiger partial charge in [-0.3, -0.25) is 9.78 Å². The van der Waals surface area contributed by atoms with Crippen molar-refractivity contribution in [2.45, 2.75) is 0 Å². The van der Waals surface area contributed by atoms with E-state index in [1.165, 1.54) is 0 Å². The van der Waals surface area contributed by atoms with Crippen LogP contribution in [0.4, 0.5) is 0 Å². The topological polar surface area (TPSA) is 39.2 Å². The Morgan fingerprint density at radius 2 is 2.06 bits per heavy atom. The second-order valence-corrected chi connectivity index (χ2v) is 3.32. The van der Waals surface area contributed by atoms with E-state index in [-0.39, 0.29) is 0 Å². The van der Waals surface area contributed by atoms with E-state index in [1.54, 1.807) is 19.4 Å². The summed E-state index contributed by atoms with van der Waals surface area (Å²) in [5.41, 5.74) is 2.42. The van der Waals surface area contributed by atoms with E-state index in [4.69, 9.17) is 4.74 Å². The van der Waals surface area contributed by atoms with Crippen LogP contribution in [0.3, 0.4) is 0 Å². The first-order valence-corrected chi connectivity index (χ1v) is 4.89. The molecule has 0 radical (unpaired) electrons. The van der Waals surface area contributed by atoms with Crippen LogP contribution in [0.2, 0.25) is 0 Å². The number of methoxy groups -OCH3 is 1. The Morgan fingerprint density at radius 3 is 2.69 bits per heavy atom. The molecule has 0 aliphatic carbocycles. The Morgan fingerprint density at radius 1 is 1.19 bits per heavy atom. The molecule has 0 aliphatic rings. The molecule has 0 bridgehead atoms. The highest BCUT2D eigenvalue weighted by Gasteiger charge is 2.00. The van der Waals surface area contributed by atoms with E-state index < -0.39 is 0 Å². The molecule has 0 aliphatic heterocycles. The van der Waals surface area contributed by atoms with Crippen LogP contribution < -0.4 is 4.74 Å². The van der Waals surface area contributed by atoms with Gasteiger partial charge in [-0.05, 0) is 23.8 Å². The van der Waals surface area contributed by atoms with E-state index in [0.29, 0.717) is 5.69 Å². The Labute approximate surface area is 93.7 Å². The van der Waals surface area contributed by atoms with Crippen molar-refractivity contribution < 1.29 is 9.53 Å². The van der Waals surface area contributed by atoms with Crippen molar-refractivity contribution in [2.24, 2.45) is 0 Å². The molecule has 0 amide bonds. The lowest BCUT2D eigenvalue weighted by atomic mass is 10.1. The number of benzene rings is 1. The summed E-state index contributed by atoms with van der Waals surface area (Å²) in [6.07, 6.45) is 2.41. The van der Waals surface area contributed by atoms with Crippen LogP contribution in [-0.4, -0.2) is 18.4 Å². The minimum Gasteiger partial charge on any atom is -0.497 e. The highest BCUT2D eigenvalue weighted by molar-refractivity contribution is 5.73. The van der Waals surface area contributed by atoms with Crippen molar-refractivity contribution in [1.29, 1.82) is 0 Å². The zero-order chi connectivity index (χ0) is 11.4. The summed E-state index contributed by atoms with van der Waals surface area (Å²) >= 11 is 0. The van der Waals surface area contributed by atoms with Gasteiger partial charge >= 0.3 is 0 Å². The van der Waals surface area contributed by atoms with Gasteiger partial charge in [-0.15, -0.1) is 0 Å². The molecule has 2 aromatic rings. The first kappa shape index (κ1) is 10.4. The fraction of sp³-hybridized carbons (Fsp3) is 0.0769. The third-order valence-electron chi connectivity index (χ3n) is 2.31. The van der Waals surface area contributed by atoms with Gasteiger partial charge in [-0.1, -0.05) is 18.2 Å². The maximum absolute atomic E-state index is 10.5. The lowest BCUT2D eigenvalue weighted by Crippen LogP contribution is -1.87. The highest BCUT2D eigenvalue weighted by atomic mass is 16.5. The fourth-order valence-electron chi connectivity index (χ4n) is 1.45. The molecule has 1 aromatic heterocycles. The summed E-state index contributed by atoms with van der Waals surface area (Å²) < 4.78 is 5.14. The fourth-order valence-corrected chi connectivity index (χ4v) is 1.45. The largest absolute Gasteiger partial charge is 0.497 e. The molecule has 1 aromatic carbocycles. The van der Waals surface area contributed by atoms with Crippen molar-refractivity contribution in [3.05, 3.63) is 48.3 Å². The van der Waals surface area contributed by atoms with E-state index in [9.17, 15) is 4.79 Å². The predicted octanol–water partition coefficient (Wildman–Crippen LogP) is 2.57. The average molecular weight is 213 g/mol. The number of carbonyl (C=O) groups excluding carboxylic acids is 1. The first-order chi connectivity index (χ1) is 7.83. The van der Waals surface area contributed by atoms with Gasteiger partial charge in [0.2, 0.25) is 0 Å². The number of nitrogens with zero attached hydrogens (tertiary/aromatic N) is 1. The van der Waals surface area contributed by atoms with Crippen LogP contribution in [-0.2, 0) is 0 Å². The van der Waals surface area contributed by atoms with Crippen LogP contribution in [0.1, 0.15) is 10.5 Å². The molecule has 0 fully saturated rings. The standard InChI is InChI=1S/C13H11NO2/c1-16-13-4-2-3-10(7-13)11-5-6-12(9-15)14-8-11/h2-9H,1H3. The van der Waals surface area contributed by atoms with Crippen molar-refractivity contribution in [2.75, 3.05) is 7.11 Å². The van der Waals surface area contributed by atoms with E-state index in [2.05, 4.69) is 4.98 Å².